The van der Waals surface area contributed by atoms with Crippen molar-refractivity contribution in [3.05, 3.63) is 0 Å². The number of hydrogen-bond donors (Lipinski definition) is 1. The van der Waals surface area contributed by atoms with E-state index in [1.165, 1.54) is 6.42 Å². The molecule has 0 aromatic heterocycles. The van der Waals surface area contributed by atoms with Crippen LogP contribution in [0.2, 0.25) is 0 Å². The fraction of sp³-hybridized carbons (Fsp3) is 0.929. The molecular weight excluding hydrogens is 228 g/mol. The topological polar surface area (TPSA) is 55.6 Å². The maximum Gasteiger partial charge on any atom is 0.226 e. The quantitative estimate of drug-likeness (QED) is 0.765. The predicted molar refractivity (Wildman–Crippen MR) is 69.0 cm³/mol. The number of hydrogen-bond acceptors (Lipinski definition) is 3. The zero-order chi connectivity index (χ0) is 12.5. The van der Waals surface area contributed by atoms with Gasteiger partial charge in [0.2, 0.25) is 5.91 Å². The molecule has 4 heteroatoms. The van der Waals surface area contributed by atoms with Gasteiger partial charge in [-0.2, -0.15) is 0 Å². The van der Waals surface area contributed by atoms with Crippen LogP contribution in [0.15, 0.2) is 0 Å². The monoisotopic (exact) mass is 252 g/mol. The van der Waals surface area contributed by atoms with E-state index in [0.29, 0.717) is 24.1 Å². The standard InChI is InChI=1S/C14H24N2O2/c15-11-6-4-10(5-7-11)14(17)16-8-9-18-13-3-1-2-12(13)16/h10-13H,1-9,15H2. The Morgan fingerprint density at radius 3 is 2.67 bits per heavy atom. The molecule has 1 aliphatic heterocycles. The molecule has 2 N–H and O–H groups in total. The summed E-state index contributed by atoms with van der Waals surface area (Å²) in [7, 11) is 0. The molecule has 3 fully saturated rings. The molecule has 1 saturated heterocycles. The Hall–Kier alpha value is -0.610. The van der Waals surface area contributed by atoms with Gasteiger partial charge in [-0.1, -0.05) is 0 Å². The first-order valence-corrected chi connectivity index (χ1v) is 7.43. The molecule has 0 bridgehead atoms. The average Bonchev–Trinajstić information content (AvgIpc) is 2.87. The van der Waals surface area contributed by atoms with Crippen molar-refractivity contribution in [2.24, 2.45) is 11.7 Å². The number of rotatable bonds is 1. The Morgan fingerprint density at radius 1 is 1.11 bits per heavy atom. The lowest BCUT2D eigenvalue weighted by molar-refractivity contribution is -0.149. The van der Waals surface area contributed by atoms with Gasteiger partial charge >= 0.3 is 0 Å². The summed E-state index contributed by atoms with van der Waals surface area (Å²) in [6.07, 6.45) is 7.75. The van der Waals surface area contributed by atoms with Gasteiger partial charge in [0.15, 0.2) is 0 Å². The Bertz CT molecular complexity index is 313. The van der Waals surface area contributed by atoms with E-state index in [1.54, 1.807) is 0 Å². The SMILES string of the molecule is NC1CCC(C(=O)N2CCOC3CCCC32)CC1. The fourth-order valence-electron chi connectivity index (χ4n) is 3.80. The lowest BCUT2D eigenvalue weighted by atomic mass is 9.85. The van der Waals surface area contributed by atoms with Crippen molar-refractivity contribution in [1.82, 2.24) is 4.90 Å². The first-order chi connectivity index (χ1) is 8.75. The summed E-state index contributed by atoms with van der Waals surface area (Å²) < 4.78 is 5.77. The van der Waals surface area contributed by atoms with E-state index in [9.17, 15) is 4.79 Å². The predicted octanol–water partition coefficient (Wildman–Crippen LogP) is 1.28. The first kappa shape index (κ1) is 12.4. The number of nitrogens with zero attached hydrogens (tertiary/aromatic N) is 1. The first-order valence-electron chi connectivity index (χ1n) is 7.43. The summed E-state index contributed by atoms with van der Waals surface area (Å²) in [4.78, 5) is 14.8. The third-order valence-corrected chi connectivity index (χ3v) is 4.89. The zero-order valence-corrected chi connectivity index (χ0v) is 11.0. The number of fused-ring (bicyclic) bond motifs is 1. The van der Waals surface area contributed by atoms with E-state index in [0.717, 1.165) is 51.7 Å². The van der Waals surface area contributed by atoms with E-state index in [4.69, 9.17) is 10.5 Å². The normalized spacial score (nSPS) is 40.6. The van der Waals surface area contributed by atoms with Crippen molar-refractivity contribution < 1.29 is 9.53 Å². The van der Waals surface area contributed by atoms with Gasteiger partial charge in [-0.05, 0) is 44.9 Å². The van der Waals surface area contributed by atoms with Crippen LogP contribution in [0.1, 0.15) is 44.9 Å². The van der Waals surface area contributed by atoms with Crippen LogP contribution in [0, 0.1) is 5.92 Å². The van der Waals surface area contributed by atoms with Gasteiger partial charge in [0.05, 0.1) is 18.8 Å². The van der Waals surface area contributed by atoms with E-state index >= 15 is 0 Å². The molecule has 0 aromatic carbocycles. The summed E-state index contributed by atoms with van der Waals surface area (Å²) >= 11 is 0. The molecule has 0 spiro atoms. The van der Waals surface area contributed by atoms with Crippen LogP contribution in [0.5, 0.6) is 0 Å². The highest BCUT2D eigenvalue weighted by molar-refractivity contribution is 5.79. The van der Waals surface area contributed by atoms with Gasteiger partial charge in [-0.25, -0.2) is 0 Å². The highest BCUT2D eigenvalue weighted by atomic mass is 16.5. The van der Waals surface area contributed by atoms with Crippen LogP contribution >= 0.6 is 0 Å². The lowest BCUT2D eigenvalue weighted by Crippen LogP contribution is -2.53. The molecule has 3 rings (SSSR count). The van der Waals surface area contributed by atoms with Crippen LogP contribution in [-0.2, 0) is 9.53 Å². The summed E-state index contributed by atoms with van der Waals surface area (Å²) in [5.41, 5.74) is 5.92. The third-order valence-electron chi connectivity index (χ3n) is 4.89. The fourth-order valence-corrected chi connectivity index (χ4v) is 3.80. The molecule has 0 radical (unpaired) electrons. The number of carbonyl (C=O) groups is 1. The highest BCUT2D eigenvalue weighted by Gasteiger charge is 2.40. The van der Waals surface area contributed by atoms with Crippen molar-refractivity contribution in [1.29, 1.82) is 0 Å². The van der Waals surface area contributed by atoms with Crippen LogP contribution in [0.4, 0.5) is 0 Å². The van der Waals surface area contributed by atoms with Gasteiger partial charge in [0.1, 0.15) is 0 Å². The lowest BCUT2D eigenvalue weighted by Gasteiger charge is -2.40. The van der Waals surface area contributed by atoms with Crippen molar-refractivity contribution >= 4 is 5.91 Å². The molecule has 2 atom stereocenters. The molecule has 4 nitrogen and oxygen atoms in total. The van der Waals surface area contributed by atoms with E-state index < -0.39 is 0 Å². The number of morpholine rings is 1. The molecule has 18 heavy (non-hydrogen) atoms. The van der Waals surface area contributed by atoms with Gasteiger partial charge in [0.25, 0.3) is 0 Å². The number of ether oxygens (including phenoxy) is 1. The minimum Gasteiger partial charge on any atom is -0.374 e. The van der Waals surface area contributed by atoms with E-state index in [2.05, 4.69) is 4.90 Å². The molecule has 0 aromatic rings. The molecule has 102 valence electrons. The molecule has 2 saturated carbocycles. The number of nitrogens with two attached hydrogens (primary N) is 1. The maximum atomic E-state index is 12.6. The Balaban J connectivity index is 1.64. The molecule has 2 unspecified atom stereocenters. The summed E-state index contributed by atoms with van der Waals surface area (Å²) in [5.74, 6) is 0.603. The second-order valence-electron chi connectivity index (χ2n) is 6.05. The molecule has 2 aliphatic carbocycles. The van der Waals surface area contributed by atoms with Crippen LogP contribution in [0.3, 0.4) is 0 Å². The Morgan fingerprint density at radius 2 is 1.89 bits per heavy atom. The van der Waals surface area contributed by atoms with Crippen molar-refractivity contribution in [2.45, 2.75) is 63.1 Å². The van der Waals surface area contributed by atoms with Gasteiger partial charge in [-0.15, -0.1) is 0 Å². The van der Waals surface area contributed by atoms with Gasteiger partial charge in [-0.3, -0.25) is 4.79 Å². The van der Waals surface area contributed by atoms with Crippen LogP contribution in [0.25, 0.3) is 0 Å². The summed E-state index contributed by atoms with van der Waals surface area (Å²) in [6, 6.07) is 0.680. The smallest absolute Gasteiger partial charge is 0.226 e. The zero-order valence-electron chi connectivity index (χ0n) is 11.0. The van der Waals surface area contributed by atoms with Crippen molar-refractivity contribution in [2.75, 3.05) is 13.2 Å². The number of carbonyl (C=O) groups excluding carboxylic acids is 1. The Labute approximate surface area is 109 Å². The van der Waals surface area contributed by atoms with Crippen LogP contribution in [-0.4, -0.2) is 42.1 Å². The second-order valence-corrected chi connectivity index (χ2v) is 6.05. The summed E-state index contributed by atoms with van der Waals surface area (Å²) in [5, 5.41) is 0. The maximum absolute atomic E-state index is 12.6. The minimum atomic E-state index is 0.226. The molecule has 1 heterocycles. The summed E-state index contributed by atoms with van der Waals surface area (Å²) in [6.45, 7) is 1.52. The number of amides is 1. The van der Waals surface area contributed by atoms with E-state index in [-0.39, 0.29) is 5.92 Å². The van der Waals surface area contributed by atoms with Crippen LogP contribution < -0.4 is 5.73 Å². The average molecular weight is 252 g/mol. The van der Waals surface area contributed by atoms with Crippen molar-refractivity contribution in [3.63, 3.8) is 0 Å². The van der Waals surface area contributed by atoms with E-state index in [1.807, 2.05) is 0 Å². The second kappa shape index (κ2) is 5.17. The molecular formula is C14H24N2O2. The van der Waals surface area contributed by atoms with Gasteiger partial charge < -0.3 is 15.4 Å². The molecule has 3 aliphatic rings. The Kier molecular flexibility index (Phi) is 3.57. The highest BCUT2D eigenvalue weighted by Crippen LogP contribution is 2.33. The third kappa shape index (κ3) is 2.28. The molecule has 1 amide bonds. The largest absolute Gasteiger partial charge is 0.374 e. The van der Waals surface area contributed by atoms with Gasteiger partial charge in [0, 0.05) is 18.5 Å². The minimum absolute atomic E-state index is 0.226. The van der Waals surface area contributed by atoms with Crippen molar-refractivity contribution in [3.8, 4) is 0 Å².